The molecule has 1 saturated heterocycles. The van der Waals surface area contributed by atoms with Crippen molar-refractivity contribution in [2.45, 2.75) is 90.6 Å². The largest absolute Gasteiger partial charge is 0.414 e. The van der Waals surface area contributed by atoms with E-state index in [1.54, 1.807) is 0 Å². The van der Waals surface area contributed by atoms with Crippen LogP contribution in [0, 0.1) is 0 Å². The highest BCUT2D eigenvalue weighted by Crippen LogP contribution is 2.45. The first kappa shape index (κ1) is 31.3. The summed E-state index contributed by atoms with van der Waals surface area (Å²) in [7, 11) is -3.62. The van der Waals surface area contributed by atoms with Gasteiger partial charge >= 0.3 is 8.60 Å². The molecule has 0 saturated carbocycles. The lowest BCUT2D eigenvalue weighted by Gasteiger charge is -2.37. The maximum Gasteiger partial charge on any atom is 0.335 e. The molecule has 2 aromatic rings. The first-order valence-electron chi connectivity index (χ1n) is 13.5. The standard InChI is InChI=1S/C29H45O7PSi/c1-8-32-37(33-9-2)36-28-27(31-21-24-18-14-11-15-19-24)26(30-20-23-16-12-10-13-17-23)25(35-28)22-34-38(6,7)29(3,4)5/h10-19,25-28H,8-9,20-22H2,1-7H3/t25-,26-,27-,28?/m0/s1. The van der Waals surface area contributed by atoms with Crippen LogP contribution in [-0.2, 0) is 45.4 Å². The van der Waals surface area contributed by atoms with E-state index in [1.165, 1.54) is 0 Å². The van der Waals surface area contributed by atoms with Crippen molar-refractivity contribution in [3.63, 3.8) is 0 Å². The SMILES string of the molecule is CCOP(OCC)OC1O[C@@H](CO[Si](C)(C)C(C)(C)C)[C@H](OCc2ccccc2)[C@@H]1OCc1ccccc1. The van der Waals surface area contributed by atoms with Gasteiger partial charge in [0.25, 0.3) is 0 Å². The van der Waals surface area contributed by atoms with Gasteiger partial charge in [-0.2, -0.15) is 0 Å². The van der Waals surface area contributed by atoms with E-state index in [1.807, 2.05) is 74.5 Å². The van der Waals surface area contributed by atoms with Crippen LogP contribution in [0.3, 0.4) is 0 Å². The minimum absolute atomic E-state index is 0.0728. The molecule has 0 aliphatic carbocycles. The van der Waals surface area contributed by atoms with E-state index in [-0.39, 0.29) is 11.1 Å². The molecule has 38 heavy (non-hydrogen) atoms. The fourth-order valence-corrected chi connectivity index (χ4v) is 5.69. The Morgan fingerprint density at radius 1 is 0.789 bits per heavy atom. The van der Waals surface area contributed by atoms with Crippen LogP contribution in [0.15, 0.2) is 60.7 Å². The summed E-state index contributed by atoms with van der Waals surface area (Å²) >= 11 is 0. The summed E-state index contributed by atoms with van der Waals surface area (Å²) in [5.74, 6) is 0. The summed E-state index contributed by atoms with van der Waals surface area (Å²) < 4.78 is 43.8. The average Bonchev–Trinajstić information content (AvgIpc) is 3.21. The molecule has 7 nitrogen and oxygen atoms in total. The first-order valence-corrected chi connectivity index (χ1v) is 17.5. The molecule has 1 unspecified atom stereocenters. The zero-order chi connectivity index (χ0) is 27.6. The molecule has 0 bridgehead atoms. The Morgan fingerprint density at radius 3 is 1.76 bits per heavy atom. The van der Waals surface area contributed by atoms with Crippen molar-refractivity contribution >= 4 is 16.9 Å². The highest BCUT2D eigenvalue weighted by Gasteiger charge is 2.50. The van der Waals surface area contributed by atoms with Crippen LogP contribution in [0.2, 0.25) is 18.1 Å². The minimum atomic E-state index is -2.02. The van der Waals surface area contributed by atoms with Crippen LogP contribution in [0.25, 0.3) is 0 Å². The fourth-order valence-electron chi connectivity index (χ4n) is 3.72. The minimum Gasteiger partial charge on any atom is -0.414 e. The molecular weight excluding hydrogens is 519 g/mol. The Hall–Kier alpha value is -1.19. The number of hydrogen-bond donors (Lipinski definition) is 0. The number of benzene rings is 2. The van der Waals surface area contributed by atoms with Gasteiger partial charge < -0.3 is 27.7 Å². The van der Waals surface area contributed by atoms with E-state index in [4.69, 9.17) is 32.2 Å². The number of hydrogen-bond acceptors (Lipinski definition) is 7. The Labute approximate surface area is 231 Å². The third kappa shape index (κ3) is 9.19. The molecule has 0 aromatic heterocycles. The van der Waals surface area contributed by atoms with Crippen LogP contribution in [0.4, 0.5) is 0 Å². The second-order valence-corrected chi connectivity index (χ2v) is 16.8. The van der Waals surface area contributed by atoms with E-state index >= 15 is 0 Å². The van der Waals surface area contributed by atoms with Gasteiger partial charge in [0.1, 0.15) is 18.3 Å². The van der Waals surface area contributed by atoms with Crippen LogP contribution in [-0.4, -0.2) is 52.7 Å². The van der Waals surface area contributed by atoms with Crippen molar-refractivity contribution in [2.24, 2.45) is 0 Å². The van der Waals surface area contributed by atoms with Gasteiger partial charge in [-0.25, -0.2) is 0 Å². The van der Waals surface area contributed by atoms with Crippen molar-refractivity contribution in [3.8, 4) is 0 Å². The van der Waals surface area contributed by atoms with E-state index in [0.29, 0.717) is 33.0 Å². The molecule has 2 aromatic carbocycles. The van der Waals surface area contributed by atoms with Crippen LogP contribution < -0.4 is 0 Å². The Morgan fingerprint density at radius 2 is 1.29 bits per heavy atom. The van der Waals surface area contributed by atoms with Crippen molar-refractivity contribution in [1.29, 1.82) is 0 Å². The quantitative estimate of drug-likeness (QED) is 0.167. The second-order valence-electron chi connectivity index (χ2n) is 10.8. The molecule has 0 spiro atoms. The topological polar surface area (TPSA) is 64.6 Å². The Bertz CT molecular complexity index is 920. The van der Waals surface area contributed by atoms with Crippen LogP contribution >= 0.6 is 8.60 Å². The van der Waals surface area contributed by atoms with E-state index < -0.39 is 35.4 Å². The molecule has 0 N–H and O–H groups in total. The zero-order valence-electron chi connectivity index (χ0n) is 23.9. The molecule has 1 aliphatic rings. The third-order valence-electron chi connectivity index (χ3n) is 6.91. The molecule has 1 fully saturated rings. The number of rotatable bonds is 15. The van der Waals surface area contributed by atoms with E-state index in [9.17, 15) is 0 Å². The smallest absolute Gasteiger partial charge is 0.335 e. The summed E-state index contributed by atoms with van der Waals surface area (Å²) in [6.45, 7) is 17.2. The van der Waals surface area contributed by atoms with Gasteiger partial charge in [-0.1, -0.05) is 81.4 Å². The lowest BCUT2D eigenvalue weighted by molar-refractivity contribution is -0.142. The predicted octanol–water partition coefficient (Wildman–Crippen LogP) is 7.22. The third-order valence-corrected chi connectivity index (χ3v) is 12.7. The highest BCUT2D eigenvalue weighted by molar-refractivity contribution is 7.41. The molecule has 3 rings (SSSR count). The van der Waals surface area contributed by atoms with Crippen molar-refractivity contribution in [2.75, 3.05) is 19.8 Å². The molecular formula is C29H45O7PSi. The van der Waals surface area contributed by atoms with Gasteiger partial charge in [-0.15, -0.1) is 0 Å². The normalized spacial score (nSPS) is 22.3. The average molecular weight is 565 g/mol. The second kappa shape index (κ2) is 15.0. The fraction of sp³-hybridized carbons (Fsp3) is 0.586. The van der Waals surface area contributed by atoms with Gasteiger partial charge in [-0.05, 0) is 43.1 Å². The maximum atomic E-state index is 6.59. The first-order chi connectivity index (χ1) is 18.1. The molecule has 1 heterocycles. The van der Waals surface area contributed by atoms with E-state index in [0.717, 1.165) is 11.1 Å². The zero-order valence-corrected chi connectivity index (χ0v) is 25.8. The molecule has 4 atom stereocenters. The Balaban J connectivity index is 1.84. The summed E-state index contributed by atoms with van der Waals surface area (Å²) in [5.41, 5.74) is 2.14. The lowest BCUT2D eigenvalue weighted by Crippen LogP contribution is -2.45. The highest BCUT2D eigenvalue weighted by atomic mass is 31.2. The van der Waals surface area contributed by atoms with Crippen LogP contribution in [0.5, 0.6) is 0 Å². The van der Waals surface area contributed by atoms with Crippen molar-refractivity contribution in [3.05, 3.63) is 71.8 Å². The summed E-state index contributed by atoms with van der Waals surface area (Å²) in [5, 5.41) is 0.0728. The van der Waals surface area contributed by atoms with Gasteiger partial charge in [0, 0.05) is 0 Å². The predicted molar refractivity (Wildman–Crippen MR) is 153 cm³/mol. The van der Waals surface area contributed by atoms with Crippen LogP contribution in [0.1, 0.15) is 45.7 Å². The molecule has 9 heteroatoms. The van der Waals surface area contributed by atoms with Crippen molar-refractivity contribution < 1.29 is 32.2 Å². The maximum absolute atomic E-state index is 6.59. The van der Waals surface area contributed by atoms with Gasteiger partial charge in [0.05, 0.1) is 33.0 Å². The number of ether oxygens (including phenoxy) is 3. The van der Waals surface area contributed by atoms with Gasteiger partial charge in [-0.3, -0.25) is 4.52 Å². The molecule has 1 aliphatic heterocycles. The summed E-state index contributed by atoms with van der Waals surface area (Å²) in [6, 6.07) is 20.2. The molecule has 212 valence electrons. The monoisotopic (exact) mass is 564 g/mol. The van der Waals surface area contributed by atoms with Crippen molar-refractivity contribution in [1.82, 2.24) is 0 Å². The van der Waals surface area contributed by atoms with E-state index in [2.05, 4.69) is 33.9 Å². The van der Waals surface area contributed by atoms with Gasteiger partial charge in [0.15, 0.2) is 14.6 Å². The summed E-state index contributed by atoms with van der Waals surface area (Å²) in [6.07, 6.45) is -2.01. The molecule has 0 radical (unpaired) electrons. The molecule has 0 amide bonds. The summed E-state index contributed by atoms with van der Waals surface area (Å²) in [4.78, 5) is 0. The van der Waals surface area contributed by atoms with Gasteiger partial charge in [0.2, 0.25) is 0 Å². The lowest BCUT2D eigenvalue weighted by atomic mass is 10.1. The Kier molecular flexibility index (Phi) is 12.4.